The summed E-state index contributed by atoms with van der Waals surface area (Å²) in [4.78, 5) is 31.6. The Balaban J connectivity index is 0.00000264. The number of carbonyl (C=O) groups excluding carboxylic acids is 2. The molecule has 2 aromatic rings. The van der Waals surface area contributed by atoms with Crippen LogP contribution in [0.3, 0.4) is 0 Å². The van der Waals surface area contributed by atoms with Crippen LogP contribution in [0.5, 0.6) is 0 Å². The number of halogens is 1. The standard InChI is InChI=1S/C16H18N4O2.ClH/c1-2-3-4-12-5-6-14(18-11-12)16(22)20-19-15(21)13-7-9-17-10-8-13;/h5-11H,2-4H2,1H3,(H,19,21)(H,20,22);1H. The number of aromatic nitrogens is 2. The summed E-state index contributed by atoms with van der Waals surface area (Å²) in [5.74, 6) is -0.861. The van der Waals surface area contributed by atoms with Gasteiger partial charge in [0.2, 0.25) is 0 Å². The summed E-state index contributed by atoms with van der Waals surface area (Å²) in [6.07, 6.45) is 7.86. The van der Waals surface area contributed by atoms with Crippen molar-refractivity contribution >= 4 is 24.2 Å². The van der Waals surface area contributed by atoms with E-state index in [1.807, 2.05) is 6.07 Å². The molecule has 6 nitrogen and oxygen atoms in total. The molecule has 2 rings (SSSR count). The topological polar surface area (TPSA) is 84.0 Å². The maximum Gasteiger partial charge on any atom is 0.288 e. The van der Waals surface area contributed by atoms with Crippen molar-refractivity contribution in [3.05, 3.63) is 59.7 Å². The van der Waals surface area contributed by atoms with E-state index in [9.17, 15) is 9.59 Å². The van der Waals surface area contributed by atoms with Gasteiger partial charge in [0.15, 0.2) is 0 Å². The minimum absolute atomic E-state index is 0. The number of hydrogen-bond acceptors (Lipinski definition) is 4. The predicted molar refractivity (Wildman–Crippen MR) is 89.3 cm³/mol. The average Bonchev–Trinajstić information content (AvgIpc) is 2.58. The minimum atomic E-state index is -0.454. The molecule has 2 heterocycles. The normalized spacial score (nSPS) is 9.61. The minimum Gasteiger partial charge on any atom is -0.267 e. The van der Waals surface area contributed by atoms with Crippen LogP contribution in [0.25, 0.3) is 0 Å². The Kier molecular flexibility index (Phi) is 7.70. The third-order valence-electron chi connectivity index (χ3n) is 3.11. The molecular formula is C16H19ClN4O2. The van der Waals surface area contributed by atoms with Crippen LogP contribution in [0.2, 0.25) is 0 Å². The zero-order chi connectivity index (χ0) is 15.8. The summed E-state index contributed by atoms with van der Waals surface area (Å²) in [6, 6.07) is 6.64. The smallest absolute Gasteiger partial charge is 0.267 e. The zero-order valence-corrected chi connectivity index (χ0v) is 13.6. The lowest BCUT2D eigenvalue weighted by Gasteiger charge is -2.07. The number of amides is 2. The fourth-order valence-electron chi connectivity index (χ4n) is 1.84. The highest BCUT2D eigenvalue weighted by atomic mass is 35.5. The first-order valence-electron chi connectivity index (χ1n) is 7.16. The van der Waals surface area contributed by atoms with Crippen molar-refractivity contribution in [2.24, 2.45) is 0 Å². The van der Waals surface area contributed by atoms with E-state index in [1.54, 1.807) is 24.4 Å². The van der Waals surface area contributed by atoms with E-state index >= 15 is 0 Å². The number of hydrazine groups is 1. The van der Waals surface area contributed by atoms with Crippen molar-refractivity contribution in [3.8, 4) is 0 Å². The molecular weight excluding hydrogens is 316 g/mol. The number of aryl methyl sites for hydroxylation is 1. The van der Waals surface area contributed by atoms with Gasteiger partial charge in [0, 0.05) is 24.2 Å². The fraction of sp³-hybridized carbons (Fsp3) is 0.250. The average molecular weight is 335 g/mol. The van der Waals surface area contributed by atoms with Crippen molar-refractivity contribution in [2.45, 2.75) is 26.2 Å². The molecule has 0 aliphatic rings. The summed E-state index contributed by atoms with van der Waals surface area (Å²) in [6.45, 7) is 2.13. The summed E-state index contributed by atoms with van der Waals surface area (Å²) in [7, 11) is 0. The molecule has 0 aliphatic heterocycles. The second-order valence-corrected chi connectivity index (χ2v) is 4.80. The highest BCUT2D eigenvalue weighted by Gasteiger charge is 2.09. The van der Waals surface area contributed by atoms with Crippen LogP contribution in [0.1, 0.15) is 46.2 Å². The lowest BCUT2D eigenvalue weighted by atomic mass is 10.1. The number of carbonyl (C=O) groups is 2. The largest absolute Gasteiger partial charge is 0.288 e. The summed E-state index contributed by atoms with van der Waals surface area (Å²) >= 11 is 0. The Labute approximate surface area is 141 Å². The second kappa shape index (κ2) is 9.53. The number of unbranched alkanes of at least 4 members (excludes halogenated alkanes) is 1. The molecule has 0 atom stereocenters. The number of nitrogens with one attached hydrogen (secondary N) is 2. The fourth-order valence-corrected chi connectivity index (χ4v) is 1.84. The van der Waals surface area contributed by atoms with E-state index < -0.39 is 11.8 Å². The lowest BCUT2D eigenvalue weighted by Crippen LogP contribution is -2.41. The van der Waals surface area contributed by atoms with Crippen molar-refractivity contribution in [1.82, 2.24) is 20.8 Å². The van der Waals surface area contributed by atoms with Gasteiger partial charge >= 0.3 is 0 Å². The molecule has 0 saturated heterocycles. The molecule has 0 aliphatic carbocycles. The predicted octanol–water partition coefficient (Wildman–Crippen LogP) is 2.32. The monoisotopic (exact) mass is 334 g/mol. The molecule has 0 fully saturated rings. The summed E-state index contributed by atoms with van der Waals surface area (Å²) in [5, 5.41) is 0. The van der Waals surface area contributed by atoms with Gasteiger partial charge < -0.3 is 0 Å². The third kappa shape index (κ3) is 5.67. The van der Waals surface area contributed by atoms with E-state index in [4.69, 9.17) is 0 Å². The van der Waals surface area contributed by atoms with Gasteiger partial charge in [-0.05, 0) is 36.6 Å². The number of pyridine rings is 2. The Morgan fingerprint density at radius 1 is 1.04 bits per heavy atom. The summed E-state index contributed by atoms with van der Waals surface area (Å²) < 4.78 is 0. The van der Waals surface area contributed by atoms with Crippen molar-refractivity contribution < 1.29 is 9.59 Å². The first-order chi connectivity index (χ1) is 10.7. The Hall–Kier alpha value is -2.47. The molecule has 2 N–H and O–H groups in total. The van der Waals surface area contributed by atoms with Crippen LogP contribution in [0, 0.1) is 0 Å². The zero-order valence-electron chi connectivity index (χ0n) is 12.8. The molecule has 2 amide bonds. The Morgan fingerprint density at radius 2 is 1.74 bits per heavy atom. The SMILES string of the molecule is CCCCc1ccc(C(=O)NNC(=O)c2ccncc2)nc1.Cl. The molecule has 0 spiro atoms. The molecule has 0 aromatic carbocycles. The maximum absolute atomic E-state index is 11.9. The van der Waals surface area contributed by atoms with Gasteiger partial charge in [0.1, 0.15) is 5.69 Å². The van der Waals surface area contributed by atoms with Gasteiger partial charge in [0.05, 0.1) is 0 Å². The number of hydrogen-bond donors (Lipinski definition) is 2. The number of rotatable bonds is 5. The van der Waals surface area contributed by atoms with Crippen molar-refractivity contribution in [1.29, 1.82) is 0 Å². The highest BCUT2D eigenvalue weighted by molar-refractivity contribution is 5.98. The van der Waals surface area contributed by atoms with Gasteiger partial charge in [-0.2, -0.15) is 0 Å². The first kappa shape index (κ1) is 18.6. The van der Waals surface area contributed by atoms with Crippen LogP contribution >= 0.6 is 12.4 Å². The second-order valence-electron chi connectivity index (χ2n) is 4.80. The number of nitrogens with zero attached hydrogens (tertiary/aromatic N) is 2. The highest BCUT2D eigenvalue weighted by Crippen LogP contribution is 2.05. The van der Waals surface area contributed by atoms with Crippen LogP contribution in [-0.4, -0.2) is 21.8 Å². The molecule has 122 valence electrons. The van der Waals surface area contributed by atoms with Gasteiger partial charge in [-0.3, -0.25) is 30.4 Å². The molecule has 7 heteroatoms. The van der Waals surface area contributed by atoms with E-state index in [-0.39, 0.29) is 18.1 Å². The van der Waals surface area contributed by atoms with E-state index in [0.717, 1.165) is 24.8 Å². The molecule has 23 heavy (non-hydrogen) atoms. The van der Waals surface area contributed by atoms with Crippen LogP contribution < -0.4 is 10.9 Å². The van der Waals surface area contributed by atoms with Crippen LogP contribution in [0.15, 0.2) is 42.9 Å². The van der Waals surface area contributed by atoms with Gasteiger partial charge in [-0.25, -0.2) is 0 Å². The van der Waals surface area contributed by atoms with Crippen LogP contribution in [0.4, 0.5) is 0 Å². The summed E-state index contributed by atoms with van der Waals surface area (Å²) in [5.41, 5.74) is 6.45. The van der Waals surface area contributed by atoms with Crippen molar-refractivity contribution in [2.75, 3.05) is 0 Å². The molecule has 0 bridgehead atoms. The molecule has 0 radical (unpaired) electrons. The van der Waals surface area contributed by atoms with Gasteiger partial charge in [-0.1, -0.05) is 19.4 Å². The Morgan fingerprint density at radius 3 is 2.35 bits per heavy atom. The lowest BCUT2D eigenvalue weighted by molar-refractivity contribution is 0.0844. The molecule has 0 saturated carbocycles. The van der Waals surface area contributed by atoms with E-state index in [0.29, 0.717) is 5.56 Å². The van der Waals surface area contributed by atoms with Crippen molar-refractivity contribution in [3.63, 3.8) is 0 Å². The quantitative estimate of drug-likeness (QED) is 0.822. The van der Waals surface area contributed by atoms with E-state index in [1.165, 1.54) is 12.4 Å². The molecule has 0 unspecified atom stereocenters. The Bertz CT molecular complexity index is 632. The maximum atomic E-state index is 11.9. The van der Waals surface area contributed by atoms with E-state index in [2.05, 4.69) is 27.7 Å². The first-order valence-corrected chi connectivity index (χ1v) is 7.16. The third-order valence-corrected chi connectivity index (χ3v) is 3.11. The van der Waals surface area contributed by atoms with Gasteiger partial charge in [0.25, 0.3) is 11.8 Å². The van der Waals surface area contributed by atoms with Gasteiger partial charge in [-0.15, -0.1) is 12.4 Å². The van der Waals surface area contributed by atoms with Crippen LogP contribution in [-0.2, 0) is 6.42 Å². The molecule has 2 aromatic heterocycles.